The first-order valence-corrected chi connectivity index (χ1v) is 23.4. The molecule has 15 heteroatoms. The number of hydrogen-bond donors (Lipinski definition) is 1. The Labute approximate surface area is 426 Å². The van der Waals surface area contributed by atoms with Gasteiger partial charge >= 0.3 is 0 Å². The lowest BCUT2D eigenvalue weighted by atomic mass is 10.2. The van der Waals surface area contributed by atoms with E-state index in [1.54, 1.807) is 56.9 Å². The topological polar surface area (TPSA) is 129 Å². The molecule has 0 unspecified atom stereocenters. The molecule has 72 heavy (non-hydrogen) atoms. The summed E-state index contributed by atoms with van der Waals surface area (Å²) in [6.45, 7) is 1.33. The lowest BCUT2D eigenvalue weighted by Crippen LogP contribution is -2.03. The predicted molar refractivity (Wildman–Crippen MR) is 276 cm³/mol. The lowest BCUT2D eigenvalue weighted by molar-refractivity contribution is 0.275. The smallest absolute Gasteiger partial charge is 0.123 e. The van der Waals surface area contributed by atoms with E-state index in [2.05, 4.69) is 12.6 Å². The predicted octanol–water partition coefficient (Wildman–Crippen LogP) is 11.7. The van der Waals surface area contributed by atoms with Crippen LogP contribution in [0.25, 0.3) is 0 Å². The molecule has 0 saturated heterocycles. The second kappa shape index (κ2) is 25.8. The normalized spacial score (nSPS) is 10.7. The number of rotatable bonds is 27. The Hall–Kier alpha value is -7.91. The molecule has 7 aromatic rings. The first-order chi connectivity index (χ1) is 35.1. The van der Waals surface area contributed by atoms with Crippen molar-refractivity contribution in [3.63, 3.8) is 0 Å². The molecule has 0 aliphatic rings. The number of hydrogen-bond acceptors (Lipinski definition) is 15. The molecular weight excluding hydrogens is 941 g/mol. The highest BCUT2D eigenvalue weighted by Gasteiger charge is 2.13. The van der Waals surface area contributed by atoms with Gasteiger partial charge < -0.3 is 66.3 Å². The van der Waals surface area contributed by atoms with Gasteiger partial charge in [0.1, 0.15) is 120 Å². The van der Waals surface area contributed by atoms with Crippen LogP contribution < -0.4 is 66.3 Å². The van der Waals surface area contributed by atoms with E-state index >= 15 is 0 Å². The van der Waals surface area contributed by atoms with Crippen molar-refractivity contribution in [3.05, 3.63) is 166 Å². The quantitative estimate of drug-likeness (QED) is 0.0491. The average Bonchev–Trinajstić information content (AvgIpc) is 3.43. The van der Waals surface area contributed by atoms with Crippen molar-refractivity contribution in [2.24, 2.45) is 0 Å². The summed E-state index contributed by atoms with van der Waals surface area (Å²) in [5.74, 6) is 9.18. The fourth-order valence-corrected chi connectivity index (χ4v) is 7.63. The van der Waals surface area contributed by atoms with Crippen LogP contribution in [0.3, 0.4) is 0 Å². The van der Waals surface area contributed by atoms with E-state index in [9.17, 15) is 0 Å². The van der Waals surface area contributed by atoms with E-state index < -0.39 is 0 Å². The van der Waals surface area contributed by atoms with Crippen molar-refractivity contribution in [2.75, 3.05) is 56.9 Å². The van der Waals surface area contributed by atoms with Gasteiger partial charge in [0.2, 0.25) is 0 Å². The molecule has 0 N–H and O–H groups in total. The van der Waals surface area contributed by atoms with Crippen LogP contribution in [0.1, 0.15) is 38.9 Å². The second-order valence-electron chi connectivity index (χ2n) is 16.2. The first kappa shape index (κ1) is 51.9. The Morgan fingerprint density at radius 1 is 0.208 bits per heavy atom. The number of thiol groups is 1. The monoisotopic (exact) mass is 1000 g/mol. The minimum Gasteiger partial charge on any atom is -0.497 e. The molecule has 0 radical (unpaired) electrons. The van der Waals surface area contributed by atoms with Gasteiger partial charge in [0.25, 0.3) is 0 Å². The molecule has 0 fully saturated rings. The van der Waals surface area contributed by atoms with Gasteiger partial charge in [0.05, 0.1) is 56.9 Å². The Kier molecular flexibility index (Phi) is 18.6. The molecule has 378 valence electrons. The zero-order valence-corrected chi connectivity index (χ0v) is 42.6. The summed E-state index contributed by atoms with van der Waals surface area (Å²) in [4.78, 5) is 0. The van der Waals surface area contributed by atoms with E-state index in [0.717, 1.165) is 38.9 Å². The molecule has 7 rings (SSSR count). The van der Waals surface area contributed by atoms with Crippen molar-refractivity contribution in [2.45, 2.75) is 45.4 Å². The molecular formula is C57H60O14S. The summed E-state index contributed by atoms with van der Waals surface area (Å²) in [7, 11) is 12.9. The van der Waals surface area contributed by atoms with Gasteiger partial charge in [-0.25, -0.2) is 0 Å². The maximum absolute atomic E-state index is 6.47. The second-order valence-corrected chi connectivity index (χ2v) is 16.5. The molecule has 0 saturated carbocycles. The van der Waals surface area contributed by atoms with Crippen molar-refractivity contribution < 1.29 is 66.3 Å². The Bertz CT molecular complexity index is 2450. The fourth-order valence-electron chi connectivity index (χ4n) is 7.45. The highest BCUT2D eigenvalue weighted by Crippen LogP contribution is 2.33. The van der Waals surface area contributed by atoms with E-state index in [1.165, 1.54) is 0 Å². The fraction of sp³-hybridized carbons (Fsp3) is 0.263. The Balaban J connectivity index is 1.10. The van der Waals surface area contributed by atoms with Crippen LogP contribution in [0.4, 0.5) is 0 Å². The summed E-state index contributed by atoms with van der Waals surface area (Å²) in [5.41, 5.74) is 5.96. The SMILES string of the molecule is COc1cc(COc2cc(COc3cc(CS)cc(OCc4cc(OCc5cc(OC)cc(OC)c5)cc(OCc5cc(OC)cc(OC)c5)c4)c3)cc(OCc3cc(OC)cc(OC)c3)c2)cc(OC)c1. The number of benzene rings is 7. The van der Waals surface area contributed by atoms with E-state index in [1.807, 2.05) is 127 Å². The molecule has 0 amide bonds. The van der Waals surface area contributed by atoms with E-state index in [4.69, 9.17) is 66.3 Å². The standard InChI is InChI=1S/C57H60O14S/c1-58-44-9-37(10-45(23-44)59-2)30-66-52-17-41(18-53(27-52)67-31-38-11-46(60-3)24-47(12-38)61-4)34-70-56-21-43(36-72)22-57(29-56)71-35-42-19-54(68-32-39-13-48(62-5)25-49(14-39)63-6)28-55(20-42)69-33-40-15-50(64-7)26-51(16-40)65-8/h9-29,72H,30-36H2,1-8H3. The molecule has 0 aliphatic heterocycles. The van der Waals surface area contributed by atoms with Gasteiger partial charge in [0, 0.05) is 48.2 Å². The average molecular weight is 1000 g/mol. The van der Waals surface area contributed by atoms with Gasteiger partial charge in [-0.1, -0.05) is 0 Å². The molecule has 7 aromatic carbocycles. The summed E-state index contributed by atoms with van der Waals surface area (Å²) >= 11 is 4.61. The van der Waals surface area contributed by atoms with Crippen LogP contribution in [0.2, 0.25) is 0 Å². The minimum absolute atomic E-state index is 0.182. The Morgan fingerprint density at radius 3 is 0.500 bits per heavy atom. The molecule has 0 aromatic heterocycles. The van der Waals surface area contributed by atoms with Gasteiger partial charge in [-0.3, -0.25) is 0 Å². The minimum atomic E-state index is 0.182. The van der Waals surface area contributed by atoms with Crippen LogP contribution in [-0.4, -0.2) is 56.9 Å². The highest BCUT2D eigenvalue weighted by atomic mass is 32.1. The summed E-state index contributed by atoms with van der Waals surface area (Å²) in [6.07, 6.45) is 0. The van der Waals surface area contributed by atoms with Gasteiger partial charge in [-0.15, -0.1) is 0 Å². The lowest BCUT2D eigenvalue weighted by Gasteiger charge is -2.16. The van der Waals surface area contributed by atoms with E-state index in [-0.39, 0.29) is 39.6 Å². The summed E-state index contributed by atoms with van der Waals surface area (Å²) in [6, 6.07) is 39.5. The Morgan fingerprint density at radius 2 is 0.347 bits per heavy atom. The third-order valence-electron chi connectivity index (χ3n) is 11.1. The molecule has 0 spiro atoms. The zero-order valence-electron chi connectivity index (χ0n) is 41.7. The van der Waals surface area contributed by atoms with Crippen LogP contribution in [0.15, 0.2) is 127 Å². The van der Waals surface area contributed by atoms with Crippen molar-refractivity contribution >= 4 is 12.6 Å². The van der Waals surface area contributed by atoms with Crippen molar-refractivity contribution in [1.29, 1.82) is 0 Å². The number of ether oxygens (including phenoxy) is 14. The molecule has 0 bridgehead atoms. The zero-order chi connectivity index (χ0) is 50.8. The van der Waals surface area contributed by atoms with E-state index in [0.29, 0.717) is 86.2 Å². The molecule has 14 nitrogen and oxygen atoms in total. The summed E-state index contributed by atoms with van der Waals surface area (Å²) in [5, 5.41) is 0. The van der Waals surface area contributed by atoms with Gasteiger partial charge in [0.15, 0.2) is 0 Å². The van der Waals surface area contributed by atoms with Gasteiger partial charge in [-0.05, 0) is 124 Å². The molecule has 0 atom stereocenters. The third-order valence-corrected chi connectivity index (χ3v) is 11.4. The van der Waals surface area contributed by atoms with Crippen molar-refractivity contribution in [3.8, 4) is 80.5 Å². The van der Waals surface area contributed by atoms with Crippen LogP contribution in [-0.2, 0) is 45.4 Å². The maximum atomic E-state index is 6.47. The highest BCUT2D eigenvalue weighted by molar-refractivity contribution is 7.79. The largest absolute Gasteiger partial charge is 0.497 e. The number of methoxy groups -OCH3 is 8. The van der Waals surface area contributed by atoms with Crippen molar-refractivity contribution in [1.82, 2.24) is 0 Å². The molecule has 0 heterocycles. The first-order valence-electron chi connectivity index (χ1n) is 22.8. The van der Waals surface area contributed by atoms with Crippen LogP contribution >= 0.6 is 12.6 Å². The van der Waals surface area contributed by atoms with Crippen LogP contribution in [0, 0.1) is 0 Å². The third kappa shape index (κ3) is 15.0. The summed E-state index contributed by atoms with van der Waals surface area (Å²) < 4.78 is 82.2. The van der Waals surface area contributed by atoms with Crippen LogP contribution in [0.5, 0.6) is 80.5 Å². The maximum Gasteiger partial charge on any atom is 0.123 e. The van der Waals surface area contributed by atoms with Gasteiger partial charge in [-0.2, -0.15) is 12.6 Å². The molecule has 0 aliphatic carbocycles.